The third-order valence-electron chi connectivity index (χ3n) is 13.0. The Morgan fingerprint density at radius 3 is 0.890 bits per heavy atom. The molecule has 1 unspecified atom stereocenters. The smallest absolute Gasteiger partial charge is 0.306 e. The highest BCUT2D eigenvalue weighted by Gasteiger charge is 2.19. The summed E-state index contributed by atoms with van der Waals surface area (Å²) in [5, 5.41) is 0. The van der Waals surface area contributed by atoms with E-state index in [1.807, 2.05) is 0 Å². The van der Waals surface area contributed by atoms with Crippen LogP contribution in [0.5, 0.6) is 0 Å². The van der Waals surface area contributed by atoms with Crippen molar-refractivity contribution in [3.05, 3.63) is 97.2 Å². The van der Waals surface area contributed by atoms with E-state index < -0.39 is 6.10 Å². The van der Waals surface area contributed by atoms with Crippen LogP contribution >= 0.6 is 0 Å². The Bertz CT molecular complexity index is 1440. The molecule has 0 saturated carbocycles. The number of hydrogen-bond acceptors (Lipinski definition) is 6. The van der Waals surface area contributed by atoms with Gasteiger partial charge >= 0.3 is 17.9 Å². The molecule has 0 rings (SSSR count). The summed E-state index contributed by atoms with van der Waals surface area (Å²) in [5.41, 5.74) is 0. The summed E-state index contributed by atoms with van der Waals surface area (Å²) >= 11 is 0. The Kier molecular flexibility index (Phi) is 57.8. The van der Waals surface area contributed by atoms with Gasteiger partial charge in [-0.05, 0) is 122 Å². The molecule has 0 fully saturated rings. The average Bonchev–Trinajstić information content (AvgIpc) is 3.39. The molecule has 0 bridgehead atoms. The molecule has 73 heavy (non-hydrogen) atoms. The number of ether oxygens (including phenoxy) is 3. The van der Waals surface area contributed by atoms with Crippen LogP contribution in [0, 0.1) is 0 Å². The van der Waals surface area contributed by atoms with Crippen molar-refractivity contribution in [3.63, 3.8) is 0 Å². The van der Waals surface area contributed by atoms with Crippen LogP contribution in [0.15, 0.2) is 97.2 Å². The predicted molar refractivity (Wildman–Crippen MR) is 316 cm³/mol. The minimum absolute atomic E-state index is 0.0963. The van der Waals surface area contributed by atoms with Gasteiger partial charge in [0.15, 0.2) is 6.10 Å². The number of esters is 3. The van der Waals surface area contributed by atoms with Crippen molar-refractivity contribution in [3.8, 4) is 0 Å². The summed E-state index contributed by atoms with van der Waals surface area (Å²) in [6.45, 7) is 6.48. The second-order valence-electron chi connectivity index (χ2n) is 20.2. The molecule has 6 heteroatoms. The zero-order valence-electron chi connectivity index (χ0n) is 47.9. The van der Waals surface area contributed by atoms with Gasteiger partial charge in [-0.1, -0.05) is 246 Å². The highest BCUT2D eigenvalue weighted by molar-refractivity contribution is 5.71. The largest absolute Gasteiger partial charge is 0.462 e. The second-order valence-corrected chi connectivity index (χ2v) is 20.2. The summed E-state index contributed by atoms with van der Waals surface area (Å²) in [5.74, 6) is -0.945. The fraction of sp³-hybridized carbons (Fsp3) is 0.716. The van der Waals surface area contributed by atoms with Crippen LogP contribution in [-0.2, 0) is 28.6 Å². The summed E-state index contributed by atoms with van der Waals surface area (Å²) in [7, 11) is 0. The number of allylic oxidation sites excluding steroid dienone is 16. The van der Waals surface area contributed by atoms with Gasteiger partial charge in [0, 0.05) is 19.3 Å². The van der Waals surface area contributed by atoms with Crippen molar-refractivity contribution in [2.24, 2.45) is 0 Å². The number of hydrogen-bond donors (Lipinski definition) is 0. The molecule has 6 nitrogen and oxygen atoms in total. The van der Waals surface area contributed by atoms with Gasteiger partial charge in [-0.2, -0.15) is 0 Å². The van der Waals surface area contributed by atoms with E-state index in [1.165, 1.54) is 148 Å². The first-order valence-electron chi connectivity index (χ1n) is 30.7. The molecule has 418 valence electrons. The fourth-order valence-corrected chi connectivity index (χ4v) is 8.44. The number of carbonyl (C=O) groups excluding carboxylic acids is 3. The van der Waals surface area contributed by atoms with E-state index in [0.29, 0.717) is 19.3 Å². The molecule has 1 atom stereocenters. The SMILES string of the molecule is CC/C=C\C/C=C\C/C=C\C/C=C\C/C=C\C/C=C\CCCCC(=O)OCC(COC(=O)CCCCCCC/C=C\CCCCCC)OC(=O)CCCCCCCCCCC/C=C\CCCCCCCCCC. The van der Waals surface area contributed by atoms with E-state index in [1.54, 1.807) is 0 Å². The minimum atomic E-state index is -0.801. The van der Waals surface area contributed by atoms with E-state index in [2.05, 4.69) is 118 Å². The summed E-state index contributed by atoms with van der Waals surface area (Å²) in [4.78, 5) is 38.2. The lowest BCUT2D eigenvalue weighted by molar-refractivity contribution is -0.167. The molecule has 0 amide bonds. The zero-order chi connectivity index (χ0) is 52.9. The molecule has 0 spiro atoms. The van der Waals surface area contributed by atoms with Gasteiger partial charge in [0.1, 0.15) is 13.2 Å². The van der Waals surface area contributed by atoms with Crippen LogP contribution in [0.1, 0.15) is 290 Å². The van der Waals surface area contributed by atoms with Gasteiger partial charge in [-0.25, -0.2) is 0 Å². The Morgan fingerprint density at radius 2 is 0.534 bits per heavy atom. The Labute approximate surface area is 451 Å². The zero-order valence-corrected chi connectivity index (χ0v) is 47.9. The van der Waals surface area contributed by atoms with Crippen LogP contribution in [-0.4, -0.2) is 37.2 Å². The predicted octanol–water partition coefficient (Wildman–Crippen LogP) is 20.9. The van der Waals surface area contributed by atoms with Crippen molar-refractivity contribution in [2.75, 3.05) is 13.2 Å². The quantitative estimate of drug-likeness (QED) is 0.0261. The van der Waals surface area contributed by atoms with Crippen molar-refractivity contribution < 1.29 is 28.6 Å². The van der Waals surface area contributed by atoms with Crippen molar-refractivity contribution >= 4 is 17.9 Å². The van der Waals surface area contributed by atoms with E-state index in [0.717, 1.165) is 103 Å². The molecular formula is C67H114O6. The van der Waals surface area contributed by atoms with Gasteiger partial charge in [-0.15, -0.1) is 0 Å². The average molecular weight is 1020 g/mol. The van der Waals surface area contributed by atoms with Gasteiger partial charge in [0.05, 0.1) is 0 Å². The number of rotatable bonds is 55. The maximum absolute atomic E-state index is 12.9. The van der Waals surface area contributed by atoms with Crippen LogP contribution in [0.4, 0.5) is 0 Å². The molecule has 0 aromatic heterocycles. The van der Waals surface area contributed by atoms with Gasteiger partial charge in [0.2, 0.25) is 0 Å². The van der Waals surface area contributed by atoms with Gasteiger partial charge < -0.3 is 14.2 Å². The summed E-state index contributed by atoms with van der Waals surface area (Å²) in [6, 6.07) is 0. The molecule has 0 saturated heterocycles. The monoisotopic (exact) mass is 1010 g/mol. The topological polar surface area (TPSA) is 78.9 Å². The van der Waals surface area contributed by atoms with Crippen LogP contribution < -0.4 is 0 Å². The molecule has 0 aromatic carbocycles. The van der Waals surface area contributed by atoms with E-state index >= 15 is 0 Å². The minimum Gasteiger partial charge on any atom is -0.462 e. The summed E-state index contributed by atoms with van der Waals surface area (Å²) < 4.78 is 16.9. The van der Waals surface area contributed by atoms with E-state index in [4.69, 9.17) is 14.2 Å². The fourth-order valence-electron chi connectivity index (χ4n) is 8.44. The molecule has 0 aliphatic carbocycles. The number of unbranched alkanes of at least 4 members (excludes halogenated alkanes) is 28. The molecule has 0 radical (unpaired) electrons. The molecule has 0 aromatic rings. The first-order valence-corrected chi connectivity index (χ1v) is 30.7. The van der Waals surface area contributed by atoms with Gasteiger partial charge in [0.25, 0.3) is 0 Å². The molecule has 0 aliphatic rings. The first kappa shape index (κ1) is 69.3. The Hall–Kier alpha value is -3.67. The third kappa shape index (κ3) is 59.1. The maximum atomic E-state index is 12.9. The Morgan fingerprint density at radius 1 is 0.288 bits per heavy atom. The molecule has 0 N–H and O–H groups in total. The lowest BCUT2D eigenvalue weighted by Gasteiger charge is -2.18. The normalized spacial score (nSPS) is 12.8. The third-order valence-corrected chi connectivity index (χ3v) is 13.0. The maximum Gasteiger partial charge on any atom is 0.306 e. The van der Waals surface area contributed by atoms with Crippen molar-refractivity contribution in [1.82, 2.24) is 0 Å². The Balaban J connectivity index is 4.43. The van der Waals surface area contributed by atoms with E-state index in [-0.39, 0.29) is 31.1 Å². The molecule has 0 aliphatic heterocycles. The highest BCUT2D eigenvalue weighted by Crippen LogP contribution is 2.15. The van der Waals surface area contributed by atoms with Crippen LogP contribution in [0.3, 0.4) is 0 Å². The lowest BCUT2D eigenvalue weighted by Crippen LogP contribution is -2.30. The molecular weight excluding hydrogens is 901 g/mol. The van der Waals surface area contributed by atoms with Crippen molar-refractivity contribution in [1.29, 1.82) is 0 Å². The second kappa shape index (κ2) is 60.9. The van der Waals surface area contributed by atoms with Crippen LogP contribution in [0.2, 0.25) is 0 Å². The first-order chi connectivity index (χ1) is 36.0. The highest BCUT2D eigenvalue weighted by atomic mass is 16.6. The summed E-state index contributed by atoms with van der Waals surface area (Å²) in [6.07, 6.45) is 81.2. The van der Waals surface area contributed by atoms with Gasteiger partial charge in [-0.3, -0.25) is 14.4 Å². The van der Waals surface area contributed by atoms with Crippen LogP contribution in [0.25, 0.3) is 0 Å². The standard InChI is InChI=1S/C67H114O6/c1-4-7-10-13-16-19-22-25-27-29-31-33-35-37-39-42-45-48-51-54-57-60-66(69)72-63-64(62-71-65(68)59-56-53-50-47-44-41-24-21-18-15-12-9-6-3)73-67(70)61-58-55-52-49-46-43-40-38-36-34-32-30-28-26-23-20-17-14-11-8-5-2/h7,10,16,19,21,24-25,27,30-33,37,39,45,48,64H,4-6,8-9,11-15,17-18,20,22-23,26,28-29,34-36,38,40-44,46-47,49-63H2,1-3H3/b10-7-,19-16-,24-21-,27-25-,32-30-,33-31-,39-37-,48-45-. The lowest BCUT2D eigenvalue weighted by atomic mass is 10.1. The molecule has 0 heterocycles. The van der Waals surface area contributed by atoms with Crippen molar-refractivity contribution in [2.45, 2.75) is 297 Å². The number of carbonyl (C=O) groups is 3. The van der Waals surface area contributed by atoms with E-state index in [9.17, 15) is 14.4 Å².